The van der Waals surface area contributed by atoms with Gasteiger partial charge in [0.2, 0.25) is 11.8 Å². The summed E-state index contributed by atoms with van der Waals surface area (Å²) in [5.41, 5.74) is 1.55. The van der Waals surface area contributed by atoms with E-state index in [9.17, 15) is 9.59 Å². The Morgan fingerprint density at radius 3 is 2.81 bits per heavy atom. The normalized spacial score (nSPS) is 24.6. The predicted molar refractivity (Wildman–Crippen MR) is 77.4 cm³/mol. The van der Waals surface area contributed by atoms with Crippen molar-refractivity contribution in [2.45, 2.75) is 11.6 Å². The summed E-state index contributed by atoms with van der Waals surface area (Å²) in [6.45, 7) is -0.173. The van der Waals surface area contributed by atoms with Gasteiger partial charge in [-0.3, -0.25) is 14.5 Å². The van der Waals surface area contributed by atoms with Crippen LogP contribution in [0.4, 0.5) is 0 Å². The number of hydrogen-bond acceptors (Lipinski definition) is 5. The zero-order valence-corrected chi connectivity index (χ0v) is 11.9. The van der Waals surface area contributed by atoms with Crippen LogP contribution < -0.4 is 5.32 Å². The van der Waals surface area contributed by atoms with Crippen molar-refractivity contribution in [3.63, 3.8) is 0 Å². The molecule has 21 heavy (non-hydrogen) atoms. The molecule has 0 radical (unpaired) electrons. The number of carbonyl (C=O) groups is 2. The van der Waals surface area contributed by atoms with E-state index >= 15 is 0 Å². The molecule has 1 atom stereocenters. The van der Waals surface area contributed by atoms with Crippen LogP contribution in [-0.2, 0) is 14.3 Å². The fourth-order valence-electron chi connectivity index (χ4n) is 2.35. The van der Waals surface area contributed by atoms with Gasteiger partial charge < -0.3 is 15.2 Å². The fourth-order valence-corrected chi connectivity index (χ4v) is 3.49. The molecule has 3 rings (SSSR count). The number of aliphatic hydroxyl groups excluding tert-OH is 1. The van der Waals surface area contributed by atoms with E-state index in [2.05, 4.69) is 5.32 Å². The SMILES string of the molecule is O=C1CC(=O)N2C(c3ccccc3)=CSC2(OCCO)N1. The van der Waals surface area contributed by atoms with Crippen molar-refractivity contribution in [3.8, 4) is 0 Å². The summed E-state index contributed by atoms with van der Waals surface area (Å²) in [4.78, 5) is 25.4. The van der Waals surface area contributed by atoms with Crippen molar-refractivity contribution in [2.75, 3.05) is 13.2 Å². The van der Waals surface area contributed by atoms with Gasteiger partial charge in [-0.25, -0.2) is 0 Å². The minimum absolute atomic E-state index is 0.0208. The Hall–Kier alpha value is -1.83. The van der Waals surface area contributed by atoms with E-state index in [0.29, 0.717) is 5.70 Å². The molecule has 1 aromatic rings. The van der Waals surface area contributed by atoms with E-state index in [1.165, 1.54) is 16.7 Å². The monoisotopic (exact) mass is 306 g/mol. The smallest absolute Gasteiger partial charge is 0.284 e. The van der Waals surface area contributed by atoms with Crippen LogP contribution in [0.15, 0.2) is 35.7 Å². The van der Waals surface area contributed by atoms with Crippen LogP contribution in [0.1, 0.15) is 12.0 Å². The second-order valence-corrected chi connectivity index (χ2v) is 5.62. The Labute approximate surface area is 125 Å². The van der Waals surface area contributed by atoms with Gasteiger partial charge in [0, 0.05) is 5.41 Å². The number of carbonyl (C=O) groups excluding carboxylic acids is 2. The molecule has 110 valence electrons. The molecule has 2 aliphatic rings. The number of aliphatic hydroxyl groups is 1. The molecule has 1 unspecified atom stereocenters. The summed E-state index contributed by atoms with van der Waals surface area (Å²) in [7, 11) is 0. The van der Waals surface area contributed by atoms with Gasteiger partial charge in [-0.15, -0.1) is 0 Å². The number of hydrogen-bond donors (Lipinski definition) is 2. The van der Waals surface area contributed by atoms with Crippen LogP contribution in [0.3, 0.4) is 0 Å². The van der Waals surface area contributed by atoms with Crippen LogP contribution in [0, 0.1) is 0 Å². The molecule has 2 aliphatic heterocycles. The molecule has 0 spiro atoms. The summed E-state index contributed by atoms with van der Waals surface area (Å²) in [5, 5.41) is 12.2. The van der Waals surface area contributed by atoms with Crippen molar-refractivity contribution in [3.05, 3.63) is 41.3 Å². The summed E-state index contributed by atoms with van der Waals surface area (Å²) in [6.07, 6.45) is -0.213. The van der Waals surface area contributed by atoms with Crippen molar-refractivity contribution in [1.29, 1.82) is 0 Å². The van der Waals surface area contributed by atoms with Gasteiger partial charge in [-0.1, -0.05) is 42.1 Å². The average molecular weight is 306 g/mol. The van der Waals surface area contributed by atoms with Crippen LogP contribution >= 0.6 is 11.8 Å². The van der Waals surface area contributed by atoms with Gasteiger partial charge in [0.25, 0.3) is 5.18 Å². The summed E-state index contributed by atoms with van der Waals surface area (Å²) in [5.74, 6) is -0.707. The van der Waals surface area contributed by atoms with Gasteiger partial charge in [0.15, 0.2) is 0 Å². The largest absolute Gasteiger partial charge is 0.394 e. The fraction of sp³-hybridized carbons (Fsp3) is 0.286. The average Bonchev–Trinajstić information content (AvgIpc) is 2.86. The Morgan fingerprint density at radius 1 is 1.33 bits per heavy atom. The highest BCUT2D eigenvalue weighted by Crippen LogP contribution is 2.45. The maximum Gasteiger partial charge on any atom is 0.284 e. The Bertz CT molecular complexity index is 604. The molecule has 1 saturated heterocycles. The topological polar surface area (TPSA) is 78.9 Å². The van der Waals surface area contributed by atoms with Gasteiger partial charge >= 0.3 is 0 Å². The van der Waals surface area contributed by atoms with Gasteiger partial charge in [-0.2, -0.15) is 0 Å². The highest BCUT2D eigenvalue weighted by molar-refractivity contribution is 8.03. The van der Waals surface area contributed by atoms with Gasteiger partial charge in [-0.05, 0) is 5.56 Å². The van der Waals surface area contributed by atoms with Crippen molar-refractivity contribution in [1.82, 2.24) is 10.2 Å². The van der Waals surface area contributed by atoms with Crippen LogP contribution in [0.25, 0.3) is 5.70 Å². The summed E-state index contributed by atoms with van der Waals surface area (Å²) < 4.78 is 5.57. The number of rotatable bonds is 4. The summed E-state index contributed by atoms with van der Waals surface area (Å²) >= 11 is 1.20. The second kappa shape index (κ2) is 5.51. The molecular weight excluding hydrogens is 292 g/mol. The molecule has 1 aromatic carbocycles. The van der Waals surface area contributed by atoms with E-state index in [1.807, 2.05) is 30.3 Å². The first-order valence-electron chi connectivity index (χ1n) is 6.48. The van der Waals surface area contributed by atoms with E-state index < -0.39 is 5.18 Å². The maximum absolute atomic E-state index is 12.3. The first-order valence-corrected chi connectivity index (χ1v) is 7.36. The lowest BCUT2D eigenvalue weighted by atomic mass is 10.1. The highest BCUT2D eigenvalue weighted by Gasteiger charge is 2.52. The number of benzene rings is 1. The molecule has 0 aromatic heterocycles. The zero-order valence-electron chi connectivity index (χ0n) is 11.1. The third kappa shape index (κ3) is 2.44. The molecule has 7 heteroatoms. The minimum atomic E-state index is -1.29. The molecule has 2 amide bonds. The van der Waals surface area contributed by atoms with Crippen LogP contribution in [0.5, 0.6) is 0 Å². The highest BCUT2D eigenvalue weighted by atomic mass is 32.2. The number of thioether (sulfide) groups is 1. The third-order valence-electron chi connectivity index (χ3n) is 3.18. The van der Waals surface area contributed by atoms with Crippen LogP contribution in [0.2, 0.25) is 0 Å². The lowest BCUT2D eigenvalue weighted by molar-refractivity contribution is -0.163. The molecule has 0 aliphatic carbocycles. The quantitative estimate of drug-likeness (QED) is 0.801. The van der Waals surface area contributed by atoms with Gasteiger partial charge in [0.1, 0.15) is 6.42 Å². The van der Waals surface area contributed by atoms with Gasteiger partial charge in [0.05, 0.1) is 18.9 Å². The van der Waals surface area contributed by atoms with E-state index in [4.69, 9.17) is 9.84 Å². The summed E-state index contributed by atoms with van der Waals surface area (Å²) in [6, 6.07) is 9.42. The lowest BCUT2D eigenvalue weighted by Gasteiger charge is -2.41. The van der Waals surface area contributed by atoms with Crippen LogP contribution in [-0.4, -0.2) is 40.2 Å². The Morgan fingerprint density at radius 2 is 2.10 bits per heavy atom. The molecule has 0 bridgehead atoms. The minimum Gasteiger partial charge on any atom is -0.394 e. The Kier molecular flexibility index (Phi) is 3.71. The second-order valence-electron chi connectivity index (χ2n) is 4.59. The molecule has 2 N–H and O–H groups in total. The number of amides is 2. The number of nitrogens with one attached hydrogen (secondary N) is 1. The number of nitrogens with zero attached hydrogens (tertiary/aromatic N) is 1. The van der Waals surface area contributed by atoms with Crippen molar-refractivity contribution < 1.29 is 19.4 Å². The number of fused-ring (bicyclic) bond motifs is 1. The third-order valence-corrected chi connectivity index (χ3v) is 4.25. The standard InChI is InChI=1S/C14H14N2O4S/c17-6-7-20-14-15-12(18)8-13(19)16(14)11(9-21-14)10-4-2-1-3-5-10/h1-5,9,17H,6-8H2,(H,15,18). The predicted octanol–water partition coefficient (Wildman–Crippen LogP) is 0.700. The van der Waals surface area contributed by atoms with E-state index in [-0.39, 0.29) is 31.4 Å². The van der Waals surface area contributed by atoms with E-state index in [0.717, 1.165) is 5.56 Å². The molecule has 2 heterocycles. The van der Waals surface area contributed by atoms with Crippen molar-refractivity contribution in [2.24, 2.45) is 0 Å². The first kappa shape index (κ1) is 14.1. The molecule has 1 fully saturated rings. The number of ether oxygens (including phenoxy) is 1. The van der Waals surface area contributed by atoms with Crippen molar-refractivity contribution >= 4 is 29.3 Å². The molecular formula is C14H14N2O4S. The molecule has 0 saturated carbocycles. The van der Waals surface area contributed by atoms with E-state index in [1.54, 1.807) is 5.41 Å². The first-order chi connectivity index (χ1) is 10.2. The zero-order chi connectivity index (χ0) is 14.9. The Balaban J connectivity index is 1.96. The lowest BCUT2D eigenvalue weighted by Crippen LogP contribution is -2.63. The molecule has 6 nitrogen and oxygen atoms in total. The maximum atomic E-state index is 12.3.